The van der Waals surface area contributed by atoms with Crippen molar-refractivity contribution in [2.75, 3.05) is 37.6 Å². The highest BCUT2D eigenvalue weighted by Gasteiger charge is 2.18. The molecule has 128 valence electrons. The molecule has 1 N–H and O–H groups in total. The van der Waals surface area contributed by atoms with Gasteiger partial charge in [0.2, 0.25) is 5.91 Å². The summed E-state index contributed by atoms with van der Waals surface area (Å²) in [5.41, 5.74) is 2.65. The molecule has 0 unspecified atom stereocenters. The van der Waals surface area contributed by atoms with Crippen molar-refractivity contribution >= 4 is 11.6 Å². The third-order valence-corrected chi connectivity index (χ3v) is 4.53. The molecule has 1 aliphatic heterocycles. The van der Waals surface area contributed by atoms with E-state index in [-0.39, 0.29) is 17.9 Å². The fourth-order valence-electron chi connectivity index (χ4n) is 2.91. The summed E-state index contributed by atoms with van der Waals surface area (Å²) < 4.78 is 0. The first-order valence-electron chi connectivity index (χ1n) is 8.80. The van der Waals surface area contributed by atoms with E-state index >= 15 is 0 Å². The van der Waals surface area contributed by atoms with Gasteiger partial charge < -0.3 is 10.2 Å². The highest BCUT2D eigenvalue weighted by molar-refractivity contribution is 5.78. The van der Waals surface area contributed by atoms with Crippen molar-refractivity contribution in [3.63, 3.8) is 0 Å². The van der Waals surface area contributed by atoms with E-state index in [1.165, 1.54) is 11.3 Å². The normalized spacial score (nSPS) is 17.3. The lowest BCUT2D eigenvalue weighted by atomic mass is 10.1. The van der Waals surface area contributed by atoms with E-state index in [1.807, 2.05) is 13.8 Å². The van der Waals surface area contributed by atoms with Gasteiger partial charge in [-0.3, -0.25) is 9.69 Å². The monoisotopic (exact) mass is 317 g/mol. The van der Waals surface area contributed by atoms with Gasteiger partial charge in [-0.1, -0.05) is 26.0 Å². The lowest BCUT2D eigenvalue weighted by Crippen LogP contribution is -2.47. The Labute approximate surface area is 140 Å². The number of benzene rings is 1. The zero-order valence-corrected chi connectivity index (χ0v) is 15.0. The first-order valence-corrected chi connectivity index (χ1v) is 8.80. The van der Waals surface area contributed by atoms with Gasteiger partial charge in [0.15, 0.2) is 0 Å². The van der Waals surface area contributed by atoms with Crippen LogP contribution in [0.4, 0.5) is 5.69 Å². The molecule has 0 saturated carbocycles. The van der Waals surface area contributed by atoms with Gasteiger partial charge in [-0.15, -0.1) is 0 Å². The van der Waals surface area contributed by atoms with Crippen molar-refractivity contribution in [3.8, 4) is 0 Å². The van der Waals surface area contributed by atoms with Crippen LogP contribution in [0, 0.1) is 12.8 Å². The maximum Gasteiger partial charge on any atom is 0.222 e. The molecule has 4 nitrogen and oxygen atoms in total. The molecule has 1 heterocycles. The van der Waals surface area contributed by atoms with Crippen LogP contribution in [-0.2, 0) is 4.79 Å². The van der Waals surface area contributed by atoms with E-state index in [9.17, 15) is 4.79 Å². The molecular formula is C19H31N3O. The van der Waals surface area contributed by atoms with E-state index in [4.69, 9.17) is 0 Å². The molecule has 1 aromatic rings. The summed E-state index contributed by atoms with van der Waals surface area (Å²) in [4.78, 5) is 16.7. The SMILES string of the molecule is Cc1cccc(N2CCN(CC[C@@H](C)NC(=O)C(C)C)CC2)c1. The van der Waals surface area contributed by atoms with Gasteiger partial charge in [-0.2, -0.15) is 0 Å². The molecule has 0 aliphatic carbocycles. The highest BCUT2D eigenvalue weighted by Crippen LogP contribution is 2.17. The second kappa shape index (κ2) is 8.34. The van der Waals surface area contributed by atoms with Crippen molar-refractivity contribution in [3.05, 3.63) is 29.8 Å². The van der Waals surface area contributed by atoms with E-state index < -0.39 is 0 Å². The zero-order valence-electron chi connectivity index (χ0n) is 15.0. The summed E-state index contributed by atoms with van der Waals surface area (Å²) in [6, 6.07) is 8.99. The van der Waals surface area contributed by atoms with Crippen LogP contribution in [0.25, 0.3) is 0 Å². The maximum atomic E-state index is 11.7. The van der Waals surface area contributed by atoms with E-state index in [1.54, 1.807) is 0 Å². The number of rotatable bonds is 6. The van der Waals surface area contributed by atoms with Gasteiger partial charge in [-0.25, -0.2) is 0 Å². The minimum absolute atomic E-state index is 0.0651. The fourth-order valence-corrected chi connectivity index (χ4v) is 2.91. The molecule has 1 fully saturated rings. The molecule has 4 heteroatoms. The molecule has 1 atom stereocenters. The van der Waals surface area contributed by atoms with Crippen LogP contribution in [0.15, 0.2) is 24.3 Å². The summed E-state index contributed by atoms with van der Waals surface area (Å²) in [7, 11) is 0. The highest BCUT2D eigenvalue weighted by atomic mass is 16.1. The molecule has 0 aromatic heterocycles. The molecule has 1 aliphatic rings. The van der Waals surface area contributed by atoms with Crippen LogP contribution in [0.5, 0.6) is 0 Å². The third-order valence-electron chi connectivity index (χ3n) is 4.53. The lowest BCUT2D eigenvalue weighted by Gasteiger charge is -2.36. The number of carbonyl (C=O) groups excluding carboxylic acids is 1. The average Bonchev–Trinajstić information content (AvgIpc) is 2.53. The number of nitrogens with one attached hydrogen (secondary N) is 1. The van der Waals surface area contributed by atoms with Gasteiger partial charge in [0.1, 0.15) is 0 Å². The second-order valence-electron chi connectivity index (χ2n) is 7.02. The van der Waals surface area contributed by atoms with Gasteiger partial charge in [0.25, 0.3) is 0 Å². The first-order chi connectivity index (χ1) is 11.0. The van der Waals surface area contributed by atoms with Crippen molar-refractivity contribution in [1.82, 2.24) is 10.2 Å². The number of nitrogens with zero attached hydrogens (tertiary/aromatic N) is 2. The second-order valence-corrected chi connectivity index (χ2v) is 7.02. The fraction of sp³-hybridized carbons (Fsp3) is 0.632. The molecular weight excluding hydrogens is 286 g/mol. The summed E-state index contributed by atoms with van der Waals surface area (Å²) in [5, 5.41) is 3.08. The van der Waals surface area contributed by atoms with Crippen LogP contribution in [0.3, 0.4) is 0 Å². The molecule has 1 aromatic carbocycles. The minimum atomic E-state index is 0.0651. The number of hydrogen-bond donors (Lipinski definition) is 1. The summed E-state index contributed by atoms with van der Waals surface area (Å²) in [6.07, 6.45) is 1.02. The van der Waals surface area contributed by atoms with Crippen LogP contribution < -0.4 is 10.2 Å². The molecule has 2 rings (SSSR count). The van der Waals surface area contributed by atoms with Crippen LogP contribution in [0.2, 0.25) is 0 Å². The number of anilines is 1. The molecule has 0 spiro atoms. The van der Waals surface area contributed by atoms with E-state index in [0.29, 0.717) is 0 Å². The molecule has 0 bridgehead atoms. The number of aryl methyl sites for hydroxylation is 1. The Morgan fingerprint density at radius 3 is 2.48 bits per heavy atom. The standard InChI is InChI=1S/C19H31N3O/c1-15(2)19(23)20-17(4)8-9-21-10-12-22(13-11-21)18-7-5-6-16(3)14-18/h5-7,14-15,17H,8-13H2,1-4H3,(H,20,23)/t17-/m1/s1. The van der Waals surface area contributed by atoms with Gasteiger partial charge in [0.05, 0.1) is 0 Å². The lowest BCUT2D eigenvalue weighted by molar-refractivity contribution is -0.124. The summed E-state index contributed by atoms with van der Waals surface area (Å²) in [6.45, 7) is 13.5. The van der Waals surface area contributed by atoms with E-state index in [2.05, 4.69) is 53.2 Å². The predicted octanol–water partition coefficient (Wildman–Crippen LogP) is 2.67. The van der Waals surface area contributed by atoms with Gasteiger partial charge in [0, 0.05) is 50.4 Å². The van der Waals surface area contributed by atoms with E-state index in [0.717, 1.165) is 39.1 Å². The summed E-state index contributed by atoms with van der Waals surface area (Å²) >= 11 is 0. The Morgan fingerprint density at radius 2 is 1.87 bits per heavy atom. The number of amides is 1. The Hall–Kier alpha value is -1.55. The predicted molar refractivity (Wildman–Crippen MR) is 96.9 cm³/mol. The van der Waals surface area contributed by atoms with Gasteiger partial charge in [-0.05, 0) is 38.0 Å². The number of hydrogen-bond acceptors (Lipinski definition) is 3. The molecule has 1 saturated heterocycles. The molecule has 0 radical (unpaired) electrons. The van der Waals surface area contributed by atoms with Crippen LogP contribution in [-0.4, -0.2) is 49.6 Å². The Kier molecular flexibility index (Phi) is 6.46. The topological polar surface area (TPSA) is 35.6 Å². The average molecular weight is 317 g/mol. The minimum Gasteiger partial charge on any atom is -0.369 e. The number of piperazine rings is 1. The quantitative estimate of drug-likeness (QED) is 0.876. The smallest absolute Gasteiger partial charge is 0.222 e. The molecule has 23 heavy (non-hydrogen) atoms. The molecule has 1 amide bonds. The van der Waals surface area contributed by atoms with Crippen molar-refractivity contribution in [2.24, 2.45) is 5.92 Å². The van der Waals surface area contributed by atoms with Crippen LogP contribution in [0.1, 0.15) is 32.8 Å². The Bertz CT molecular complexity index is 507. The van der Waals surface area contributed by atoms with Crippen LogP contribution >= 0.6 is 0 Å². The zero-order chi connectivity index (χ0) is 16.8. The third kappa shape index (κ3) is 5.54. The number of carbonyl (C=O) groups is 1. The largest absolute Gasteiger partial charge is 0.369 e. The Balaban J connectivity index is 1.71. The van der Waals surface area contributed by atoms with Crippen molar-refractivity contribution < 1.29 is 4.79 Å². The van der Waals surface area contributed by atoms with Crippen molar-refractivity contribution in [1.29, 1.82) is 0 Å². The van der Waals surface area contributed by atoms with Crippen molar-refractivity contribution in [2.45, 2.75) is 40.2 Å². The maximum absolute atomic E-state index is 11.7. The van der Waals surface area contributed by atoms with Gasteiger partial charge >= 0.3 is 0 Å². The Morgan fingerprint density at radius 1 is 1.17 bits per heavy atom. The summed E-state index contributed by atoms with van der Waals surface area (Å²) in [5.74, 6) is 0.220. The first kappa shape index (κ1) is 17.8.